The van der Waals surface area contributed by atoms with Crippen LogP contribution < -0.4 is 16.4 Å². The van der Waals surface area contributed by atoms with Crippen molar-refractivity contribution < 1.29 is 14.3 Å². The molecule has 0 radical (unpaired) electrons. The predicted octanol–water partition coefficient (Wildman–Crippen LogP) is 1.90. The van der Waals surface area contributed by atoms with Crippen LogP contribution in [0.4, 0.5) is 5.69 Å². The Morgan fingerprint density at radius 3 is 2.39 bits per heavy atom. The Balaban J connectivity index is 1.66. The highest BCUT2D eigenvalue weighted by molar-refractivity contribution is 5.93. The number of esters is 1. The molecule has 3 aromatic rings. The summed E-state index contributed by atoms with van der Waals surface area (Å²) in [4.78, 5) is 48.3. The number of rotatable bonds is 6. The van der Waals surface area contributed by atoms with Crippen molar-refractivity contribution >= 4 is 28.3 Å². The van der Waals surface area contributed by atoms with Crippen molar-refractivity contribution in [2.24, 2.45) is 0 Å². The van der Waals surface area contributed by atoms with Gasteiger partial charge in [-0.3, -0.25) is 19.5 Å². The normalized spacial score (nSPS) is 10.6. The highest BCUT2D eigenvalue weighted by atomic mass is 16.5. The molecule has 144 valence electrons. The molecule has 1 aromatic heterocycles. The van der Waals surface area contributed by atoms with Gasteiger partial charge in [-0.2, -0.15) is 0 Å². The highest BCUT2D eigenvalue weighted by Gasteiger charge is 2.10. The van der Waals surface area contributed by atoms with Crippen LogP contribution in [-0.2, 0) is 16.1 Å². The minimum Gasteiger partial charge on any atom is -0.462 e. The molecule has 8 heteroatoms. The number of anilines is 1. The molecule has 8 nitrogen and oxygen atoms in total. The first kappa shape index (κ1) is 19.1. The Morgan fingerprint density at radius 2 is 1.71 bits per heavy atom. The lowest BCUT2D eigenvalue weighted by Crippen LogP contribution is -2.31. The molecule has 0 aliphatic rings. The second kappa shape index (κ2) is 8.34. The molecule has 0 atom stereocenters. The zero-order valence-electron chi connectivity index (χ0n) is 15.2. The molecular weight excluding hydrogens is 362 g/mol. The first-order chi connectivity index (χ1) is 13.5. The molecule has 1 amide bonds. The van der Waals surface area contributed by atoms with Crippen molar-refractivity contribution in [3.8, 4) is 0 Å². The molecule has 28 heavy (non-hydrogen) atoms. The summed E-state index contributed by atoms with van der Waals surface area (Å²) in [6.07, 6.45) is -0.00614. The maximum Gasteiger partial charge on any atom is 0.338 e. The van der Waals surface area contributed by atoms with E-state index in [1.54, 1.807) is 55.5 Å². The van der Waals surface area contributed by atoms with Crippen LogP contribution in [-0.4, -0.2) is 28.3 Å². The van der Waals surface area contributed by atoms with E-state index in [4.69, 9.17) is 4.74 Å². The first-order valence-corrected chi connectivity index (χ1v) is 8.78. The van der Waals surface area contributed by atoms with Gasteiger partial charge in [0.1, 0.15) is 0 Å². The predicted molar refractivity (Wildman–Crippen MR) is 104 cm³/mol. The van der Waals surface area contributed by atoms with Crippen molar-refractivity contribution in [1.82, 2.24) is 9.78 Å². The average Bonchev–Trinajstić information content (AvgIpc) is 2.70. The smallest absolute Gasteiger partial charge is 0.338 e. The lowest BCUT2D eigenvalue weighted by atomic mass is 10.2. The van der Waals surface area contributed by atoms with Gasteiger partial charge in [-0.1, -0.05) is 12.1 Å². The summed E-state index contributed by atoms with van der Waals surface area (Å²) in [5.74, 6) is -0.759. The summed E-state index contributed by atoms with van der Waals surface area (Å²) in [7, 11) is 0. The van der Waals surface area contributed by atoms with Gasteiger partial charge in [0.05, 0.1) is 29.5 Å². The number of benzene rings is 2. The summed E-state index contributed by atoms with van der Waals surface area (Å²) in [6.45, 7) is 2.04. The van der Waals surface area contributed by atoms with Crippen molar-refractivity contribution in [1.29, 1.82) is 0 Å². The van der Waals surface area contributed by atoms with Crippen LogP contribution in [0.2, 0.25) is 0 Å². The summed E-state index contributed by atoms with van der Waals surface area (Å²) < 4.78 is 6.03. The SMILES string of the molecule is CCOC(=O)c1ccc(NC(=O)CCn2[nH]c(=O)c3ccccc3c2=O)cc1. The maximum absolute atomic E-state index is 12.4. The number of nitrogens with zero attached hydrogens (tertiary/aromatic N) is 1. The molecule has 0 saturated carbocycles. The fraction of sp³-hybridized carbons (Fsp3) is 0.200. The molecule has 0 aliphatic heterocycles. The number of carbonyl (C=O) groups is 2. The van der Waals surface area contributed by atoms with Gasteiger partial charge < -0.3 is 10.1 Å². The lowest BCUT2D eigenvalue weighted by molar-refractivity contribution is -0.116. The van der Waals surface area contributed by atoms with Gasteiger partial charge in [0.2, 0.25) is 5.91 Å². The minimum absolute atomic E-state index is 0.00614. The van der Waals surface area contributed by atoms with Gasteiger partial charge in [0.15, 0.2) is 0 Å². The van der Waals surface area contributed by atoms with Crippen LogP contribution in [0.5, 0.6) is 0 Å². The van der Waals surface area contributed by atoms with Gasteiger partial charge in [-0.25, -0.2) is 9.48 Å². The van der Waals surface area contributed by atoms with Crippen LogP contribution in [0.25, 0.3) is 10.8 Å². The van der Waals surface area contributed by atoms with Crippen LogP contribution in [0, 0.1) is 0 Å². The summed E-state index contributed by atoms with van der Waals surface area (Å²) in [6, 6.07) is 12.8. The van der Waals surface area contributed by atoms with E-state index in [2.05, 4.69) is 10.4 Å². The van der Waals surface area contributed by atoms with Crippen LogP contribution in [0.1, 0.15) is 23.7 Å². The Labute approximate surface area is 159 Å². The highest BCUT2D eigenvalue weighted by Crippen LogP contribution is 2.11. The second-order valence-corrected chi connectivity index (χ2v) is 6.04. The molecular formula is C20H19N3O5. The number of ether oxygens (including phenoxy) is 1. The number of carbonyl (C=O) groups excluding carboxylic acids is 2. The number of aryl methyl sites for hydroxylation is 1. The average molecular weight is 381 g/mol. The van der Waals surface area contributed by atoms with E-state index >= 15 is 0 Å². The number of aromatic nitrogens is 2. The van der Waals surface area contributed by atoms with E-state index < -0.39 is 5.97 Å². The topological polar surface area (TPSA) is 110 Å². The van der Waals surface area contributed by atoms with Crippen LogP contribution in [0.3, 0.4) is 0 Å². The Hall–Kier alpha value is -3.68. The largest absolute Gasteiger partial charge is 0.462 e. The number of hydrogen-bond acceptors (Lipinski definition) is 5. The molecule has 0 spiro atoms. The number of amides is 1. The van der Waals surface area contributed by atoms with Crippen molar-refractivity contribution in [3.05, 3.63) is 74.8 Å². The molecule has 0 fully saturated rings. The molecule has 2 aromatic carbocycles. The van der Waals surface area contributed by atoms with Gasteiger partial charge in [-0.05, 0) is 43.3 Å². The van der Waals surface area contributed by atoms with Gasteiger partial charge >= 0.3 is 5.97 Å². The van der Waals surface area contributed by atoms with Gasteiger partial charge in [0, 0.05) is 12.1 Å². The molecule has 1 heterocycles. The standard InChI is InChI=1S/C20H19N3O5/c1-2-28-20(27)13-7-9-14(10-8-13)21-17(24)11-12-23-19(26)16-6-4-3-5-15(16)18(25)22-23/h3-10H,2,11-12H2,1H3,(H,21,24)(H,22,25). The minimum atomic E-state index is -0.431. The number of fused-ring (bicyclic) bond motifs is 1. The quantitative estimate of drug-likeness (QED) is 0.634. The fourth-order valence-corrected chi connectivity index (χ4v) is 2.74. The Bertz CT molecular complexity index is 1130. The maximum atomic E-state index is 12.4. The van der Waals surface area contributed by atoms with Gasteiger partial charge in [0.25, 0.3) is 11.1 Å². The summed E-state index contributed by atoms with van der Waals surface area (Å²) in [5.41, 5.74) is 0.157. The van der Waals surface area contributed by atoms with E-state index in [-0.39, 0.29) is 36.6 Å². The van der Waals surface area contributed by atoms with Crippen LogP contribution >= 0.6 is 0 Å². The molecule has 2 N–H and O–H groups in total. The second-order valence-electron chi connectivity index (χ2n) is 6.04. The van der Waals surface area contributed by atoms with Crippen molar-refractivity contribution in [2.45, 2.75) is 19.9 Å². The van der Waals surface area contributed by atoms with E-state index in [0.29, 0.717) is 22.0 Å². The zero-order valence-corrected chi connectivity index (χ0v) is 15.2. The Kier molecular flexibility index (Phi) is 5.69. The molecule has 0 bridgehead atoms. The zero-order chi connectivity index (χ0) is 20.1. The van der Waals surface area contributed by atoms with E-state index in [1.165, 1.54) is 0 Å². The fourth-order valence-electron chi connectivity index (χ4n) is 2.74. The molecule has 0 saturated heterocycles. The molecule has 0 unspecified atom stereocenters. The third-order valence-corrected chi connectivity index (χ3v) is 4.13. The third-order valence-electron chi connectivity index (χ3n) is 4.13. The lowest BCUT2D eigenvalue weighted by Gasteiger charge is -2.09. The monoisotopic (exact) mass is 381 g/mol. The van der Waals surface area contributed by atoms with E-state index in [1.807, 2.05) is 0 Å². The number of hydrogen-bond donors (Lipinski definition) is 2. The number of H-pyrrole nitrogens is 1. The molecule has 3 rings (SSSR count). The van der Waals surface area contributed by atoms with Crippen molar-refractivity contribution in [2.75, 3.05) is 11.9 Å². The molecule has 0 aliphatic carbocycles. The number of aromatic amines is 1. The van der Waals surface area contributed by atoms with E-state index in [0.717, 1.165) is 4.68 Å². The van der Waals surface area contributed by atoms with E-state index in [9.17, 15) is 19.2 Å². The summed E-state index contributed by atoms with van der Waals surface area (Å²) >= 11 is 0. The van der Waals surface area contributed by atoms with Crippen molar-refractivity contribution in [3.63, 3.8) is 0 Å². The number of nitrogens with one attached hydrogen (secondary N) is 2. The first-order valence-electron chi connectivity index (χ1n) is 8.78. The summed E-state index contributed by atoms with van der Waals surface area (Å²) in [5, 5.41) is 5.79. The van der Waals surface area contributed by atoms with Gasteiger partial charge in [-0.15, -0.1) is 0 Å². The Morgan fingerprint density at radius 1 is 1.04 bits per heavy atom. The van der Waals surface area contributed by atoms with Crippen LogP contribution in [0.15, 0.2) is 58.1 Å². The third kappa shape index (κ3) is 4.17.